The molecule has 33 heavy (non-hydrogen) atoms. The number of hydrogen-bond donors (Lipinski definition) is 3. The predicted molar refractivity (Wildman–Crippen MR) is 131 cm³/mol. The molecule has 0 aliphatic carbocycles. The van der Waals surface area contributed by atoms with Crippen molar-refractivity contribution in [2.45, 2.75) is 40.2 Å². The van der Waals surface area contributed by atoms with Crippen molar-refractivity contribution in [2.75, 3.05) is 17.7 Å². The number of fused-ring (bicyclic) bond motifs is 1. The van der Waals surface area contributed by atoms with Gasteiger partial charge in [0.25, 0.3) is 5.91 Å². The Labute approximate surface area is 195 Å². The molecule has 3 heterocycles. The van der Waals surface area contributed by atoms with Crippen LogP contribution in [0.15, 0.2) is 35.3 Å². The molecule has 3 aromatic heterocycles. The lowest BCUT2D eigenvalue weighted by atomic mass is 10.2. The van der Waals surface area contributed by atoms with Gasteiger partial charge in [0.1, 0.15) is 10.4 Å². The fraction of sp³-hybridized carbons (Fsp3) is 0.318. The highest BCUT2D eigenvalue weighted by Crippen LogP contribution is 2.28. The molecule has 174 valence electrons. The molecule has 4 N–H and O–H groups in total. The number of aromatic nitrogens is 3. The Morgan fingerprint density at radius 1 is 1.27 bits per heavy atom. The number of allylic oxidation sites excluding steroid dienone is 2. The van der Waals surface area contributed by atoms with Gasteiger partial charge in [0.2, 0.25) is 0 Å². The number of carbonyl (C=O) groups is 2. The van der Waals surface area contributed by atoms with Crippen LogP contribution in [0.3, 0.4) is 0 Å². The Balaban J connectivity index is 1.84. The minimum Gasteiger partial charge on any atom is -0.444 e. The molecule has 2 amide bonds. The standard InChI is InChI=1S/C22H27N7O3S/c1-12(23)15(9-24-6)18-11-29-20(33-18)16(10-26-29)19(30)28-17-7-14(8-25-13(17)2)27-21(31)32-22(3,4)5/h7-11H,23H2,1-6H3,(H,27,31)(H,28,30). The van der Waals surface area contributed by atoms with Gasteiger partial charge in [-0.25, -0.2) is 9.31 Å². The fourth-order valence-electron chi connectivity index (χ4n) is 2.89. The molecule has 11 heteroatoms. The van der Waals surface area contributed by atoms with Crippen LogP contribution in [0.5, 0.6) is 0 Å². The van der Waals surface area contributed by atoms with Crippen molar-refractivity contribution in [3.05, 3.63) is 46.5 Å². The number of hydrogen-bond acceptors (Lipinski definition) is 8. The van der Waals surface area contributed by atoms with Crippen molar-refractivity contribution in [2.24, 2.45) is 10.7 Å². The van der Waals surface area contributed by atoms with Crippen molar-refractivity contribution in [1.82, 2.24) is 14.6 Å². The van der Waals surface area contributed by atoms with E-state index in [-0.39, 0.29) is 5.91 Å². The lowest BCUT2D eigenvalue weighted by Crippen LogP contribution is -2.27. The molecule has 0 saturated carbocycles. The highest BCUT2D eigenvalue weighted by atomic mass is 32.1. The van der Waals surface area contributed by atoms with Gasteiger partial charge in [0.15, 0.2) is 0 Å². The lowest BCUT2D eigenvalue weighted by Gasteiger charge is -2.19. The van der Waals surface area contributed by atoms with Gasteiger partial charge < -0.3 is 15.8 Å². The highest BCUT2D eigenvalue weighted by Gasteiger charge is 2.19. The molecule has 3 aromatic rings. The first-order chi connectivity index (χ1) is 15.5. The van der Waals surface area contributed by atoms with Crippen molar-refractivity contribution in [3.63, 3.8) is 0 Å². The van der Waals surface area contributed by atoms with Crippen molar-refractivity contribution in [1.29, 1.82) is 0 Å². The third kappa shape index (κ3) is 5.75. The summed E-state index contributed by atoms with van der Waals surface area (Å²) < 4.78 is 6.89. The first-order valence-corrected chi connectivity index (χ1v) is 10.9. The van der Waals surface area contributed by atoms with E-state index in [4.69, 9.17) is 10.5 Å². The first-order valence-electron chi connectivity index (χ1n) is 10.1. The number of carbonyl (C=O) groups excluding carboxylic acids is 2. The quantitative estimate of drug-likeness (QED) is 0.482. The van der Waals surface area contributed by atoms with Crippen LogP contribution < -0.4 is 16.4 Å². The maximum Gasteiger partial charge on any atom is 0.412 e. The van der Waals surface area contributed by atoms with Crippen LogP contribution in [-0.2, 0) is 4.74 Å². The van der Waals surface area contributed by atoms with E-state index in [1.807, 2.05) is 6.20 Å². The summed E-state index contributed by atoms with van der Waals surface area (Å²) in [7, 11) is 1.67. The molecule has 0 saturated heterocycles. The maximum atomic E-state index is 13.0. The molecule has 0 aliphatic heterocycles. The van der Waals surface area contributed by atoms with Crippen molar-refractivity contribution >= 4 is 51.3 Å². The van der Waals surface area contributed by atoms with Gasteiger partial charge in [-0.1, -0.05) is 0 Å². The Kier molecular flexibility index (Phi) is 6.82. The third-order valence-electron chi connectivity index (χ3n) is 4.37. The Morgan fingerprint density at radius 2 is 2.00 bits per heavy atom. The van der Waals surface area contributed by atoms with E-state index in [0.29, 0.717) is 33.2 Å². The molecular weight excluding hydrogens is 442 g/mol. The Bertz CT molecular complexity index is 1260. The van der Waals surface area contributed by atoms with Crippen LogP contribution in [0.1, 0.15) is 48.6 Å². The van der Waals surface area contributed by atoms with E-state index in [9.17, 15) is 9.59 Å². The van der Waals surface area contributed by atoms with Crippen molar-refractivity contribution in [3.8, 4) is 0 Å². The van der Waals surface area contributed by atoms with E-state index in [2.05, 4.69) is 25.7 Å². The van der Waals surface area contributed by atoms with Crippen LogP contribution in [0.4, 0.5) is 16.2 Å². The largest absolute Gasteiger partial charge is 0.444 e. The molecular formula is C22H27N7O3S. The molecule has 0 bridgehead atoms. The average Bonchev–Trinajstić information content (AvgIpc) is 3.27. The number of aryl methyl sites for hydroxylation is 1. The second-order valence-electron chi connectivity index (χ2n) is 8.33. The third-order valence-corrected chi connectivity index (χ3v) is 5.51. The minimum absolute atomic E-state index is 0.350. The number of thiazole rings is 1. The summed E-state index contributed by atoms with van der Waals surface area (Å²) in [6, 6.07) is 1.63. The van der Waals surface area contributed by atoms with Gasteiger partial charge in [-0.15, -0.1) is 11.3 Å². The SMILES string of the molecule is CN=CC(=C(C)N)c1cn2ncc(C(=O)Nc3cc(NC(=O)OC(C)(C)C)cnc3C)c2s1. The van der Waals surface area contributed by atoms with E-state index >= 15 is 0 Å². The lowest BCUT2D eigenvalue weighted by molar-refractivity contribution is 0.0635. The second kappa shape index (κ2) is 9.41. The summed E-state index contributed by atoms with van der Waals surface area (Å²) in [6.45, 7) is 8.88. The zero-order valence-electron chi connectivity index (χ0n) is 19.4. The Hall–Kier alpha value is -3.73. The highest BCUT2D eigenvalue weighted by molar-refractivity contribution is 7.19. The molecule has 0 fully saturated rings. The number of nitrogens with one attached hydrogen (secondary N) is 2. The number of anilines is 2. The summed E-state index contributed by atoms with van der Waals surface area (Å²) in [6.07, 6.45) is 5.88. The normalized spacial score (nSPS) is 12.7. The minimum atomic E-state index is -0.632. The number of nitrogens with two attached hydrogens (primary N) is 1. The summed E-state index contributed by atoms with van der Waals surface area (Å²) in [5, 5.41) is 9.76. The molecule has 0 spiro atoms. The summed E-state index contributed by atoms with van der Waals surface area (Å²) >= 11 is 1.39. The van der Waals surface area contributed by atoms with Crippen LogP contribution >= 0.6 is 11.3 Å². The van der Waals surface area contributed by atoms with Crippen LogP contribution in [-0.4, -0.2) is 45.5 Å². The number of ether oxygens (including phenoxy) is 1. The van der Waals surface area contributed by atoms with Crippen LogP contribution in [0.25, 0.3) is 10.4 Å². The molecule has 3 rings (SSSR count). The topological polar surface area (TPSA) is 136 Å². The van der Waals surface area contributed by atoms with E-state index < -0.39 is 11.7 Å². The molecule has 0 unspecified atom stereocenters. The van der Waals surface area contributed by atoms with Gasteiger partial charge >= 0.3 is 6.09 Å². The number of pyridine rings is 1. The van der Waals surface area contributed by atoms with Crippen LogP contribution in [0, 0.1) is 6.92 Å². The van der Waals surface area contributed by atoms with Gasteiger partial charge in [-0.05, 0) is 40.7 Å². The predicted octanol–water partition coefficient (Wildman–Crippen LogP) is 4.09. The number of amides is 2. The number of nitrogens with zero attached hydrogens (tertiary/aromatic N) is 4. The van der Waals surface area contributed by atoms with E-state index in [1.165, 1.54) is 23.7 Å². The molecule has 0 atom stereocenters. The van der Waals surface area contributed by atoms with Crippen LogP contribution in [0.2, 0.25) is 0 Å². The first kappa shape index (κ1) is 23.9. The smallest absolute Gasteiger partial charge is 0.412 e. The number of rotatable bonds is 5. The molecule has 0 aromatic carbocycles. The van der Waals surface area contributed by atoms with E-state index in [1.54, 1.807) is 58.5 Å². The fourth-order valence-corrected chi connectivity index (χ4v) is 4.03. The second-order valence-corrected chi connectivity index (χ2v) is 9.36. The van der Waals surface area contributed by atoms with Gasteiger partial charge in [0, 0.05) is 30.7 Å². The van der Waals surface area contributed by atoms with Gasteiger partial charge in [0.05, 0.1) is 39.9 Å². The summed E-state index contributed by atoms with van der Waals surface area (Å²) in [5.41, 5.74) is 8.60. The van der Waals surface area contributed by atoms with Crippen molar-refractivity contribution < 1.29 is 14.3 Å². The van der Waals surface area contributed by atoms with E-state index in [0.717, 1.165) is 10.5 Å². The molecule has 10 nitrogen and oxygen atoms in total. The van der Waals surface area contributed by atoms with Gasteiger partial charge in [-0.2, -0.15) is 5.10 Å². The zero-order valence-corrected chi connectivity index (χ0v) is 20.2. The summed E-state index contributed by atoms with van der Waals surface area (Å²) in [5.74, 6) is -0.350. The summed E-state index contributed by atoms with van der Waals surface area (Å²) in [4.78, 5) is 34.9. The molecule has 0 aliphatic rings. The Morgan fingerprint density at radius 3 is 2.64 bits per heavy atom. The molecule has 0 radical (unpaired) electrons. The van der Waals surface area contributed by atoms with Gasteiger partial charge in [-0.3, -0.25) is 20.1 Å². The monoisotopic (exact) mass is 469 g/mol. The maximum absolute atomic E-state index is 13.0. The zero-order chi connectivity index (χ0) is 24.3. The number of aliphatic imine (C=N–C) groups is 1. The average molecular weight is 470 g/mol.